The highest BCUT2D eigenvalue weighted by atomic mass is 79.9. The van der Waals surface area contributed by atoms with Gasteiger partial charge in [-0.2, -0.15) is 4.80 Å². The lowest BCUT2D eigenvalue weighted by Gasteiger charge is -2.10. The van der Waals surface area contributed by atoms with Crippen LogP contribution in [0.1, 0.15) is 12.2 Å². The SMILES string of the molecule is Cn1nnc(CN2CCC(Br)C2)n1. The minimum Gasteiger partial charge on any atom is -0.295 e. The molecule has 0 bridgehead atoms. The molecule has 1 atom stereocenters. The lowest BCUT2D eigenvalue weighted by atomic mass is 10.4. The molecular weight excluding hydrogens is 234 g/mol. The molecule has 0 spiro atoms. The van der Waals surface area contributed by atoms with E-state index in [9.17, 15) is 0 Å². The molecule has 13 heavy (non-hydrogen) atoms. The minimum atomic E-state index is 0.629. The summed E-state index contributed by atoms with van der Waals surface area (Å²) in [6.07, 6.45) is 1.21. The van der Waals surface area contributed by atoms with E-state index in [0.717, 1.165) is 25.5 Å². The van der Waals surface area contributed by atoms with Crippen molar-refractivity contribution in [2.45, 2.75) is 17.8 Å². The molecule has 0 saturated carbocycles. The molecule has 0 amide bonds. The molecule has 0 aromatic carbocycles. The molecule has 1 saturated heterocycles. The van der Waals surface area contributed by atoms with Gasteiger partial charge in [0.1, 0.15) is 0 Å². The normalized spacial score (nSPS) is 24.0. The summed E-state index contributed by atoms with van der Waals surface area (Å²) in [7, 11) is 1.79. The second kappa shape index (κ2) is 3.71. The van der Waals surface area contributed by atoms with Crippen LogP contribution in [0.4, 0.5) is 0 Å². The van der Waals surface area contributed by atoms with Crippen LogP contribution < -0.4 is 0 Å². The van der Waals surface area contributed by atoms with E-state index in [1.807, 2.05) is 0 Å². The number of rotatable bonds is 2. The second-order valence-electron chi connectivity index (χ2n) is 3.32. The molecule has 1 unspecified atom stereocenters. The fourth-order valence-corrected chi connectivity index (χ4v) is 2.13. The van der Waals surface area contributed by atoms with Gasteiger partial charge in [-0.1, -0.05) is 15.9 Å². The summed E-state index contributed by atoms with van der Waals surface area (Å²) < 4.78 is 0. The molecule has 1 fully saturated rings. The van der Waals surface area contributed by atoms with Crippen LogP contribution in [0.25, 0.3) is 0 Å². The van der Waals surface area contributed by atoms with E-state index >= 15 is 0 Å². The van der Waals surface area contributed by atoms with Gasteiger partial charge < -0.3 is 0 Å². The predicted octanol–water partition coefficient (Wildman–Crippen LogP) is 0.179. The van der Waals surface area contributed by atoms with Crippen molar-refractivity contribution in [1.82, 2.24) is 25.1 Å². The molecule has 0 N–H and O–H groups in total. The van der Waals surface area contributed by atoms with Crippen LogP contribution in [0.3, 0.4) is 0 Å². The summed E-state index contributed by atoms with van der Waals surface area (Å²) in [5.74, 6) is 0.809. The van der Waals surface area contributed by atoms with Crippen molar-refractivity contribution in [3.8, 4) is 0 Å². The molecule has 1 aromatic heterocycles. The highest BCUT2D eigenvalue weighted by molar-refractivity contribution is 9.09. The van der Waals surface area contributed by atoms with Crippen molar-refractivity contribution in [2.75, 3.05) is 13.1 Å². The van der Waals surface area contributed by atoms with E-state index in [-0.39, 0.29) is 0 Å². The third-order valence-electron chi connectivity index (χ3n) is 2.13. The van der Waals surface area contributed by atoms with Gasteiger partial charge in [0.25, 0.3) is 0 Å². The molecule has 1 aliphatic rings. The van der Waals surface area contributed by atoms with Crippen LogP contribution in [0, 0.1) is 0 Å². The fourth-order valence-electron chi connectivity index (χ4n) is 1.52. The Balaban J connectivity index is 1.91. The van der Waals surface area contributed by atoms with Crippen molar-refractivity contribution in [3.63, 3.8) is 0 Å². The Labute approximate surface area is 85.2 Å². The molecule has 2 rings (SSSR count). The zero-order valence-electron chi connectivity index (χ0n) is 7.52. The number of likely N-dealkylation sites (tertiary alicyclic amines) is 1. The largest absolute Gasteiger partial charge is 0.295 e. The minimum absolute atomic E-state index is 0.629. The summed E-state index contributed by atoms with van der Waals surface area (Å²) in [5.41, 5.74) is 0. The van der Waals surface area contributed by atoms with Gasteiger partial charge in [0, 0.05) is 11.4 Å². The van der Waals surface area contributed by atoms with Gasteiger partial charge in [-0.05, 0) is 18.2 Å². The van der Waals surface area contributed by atoms with Gasteiger partial charge in [0.15, 0.2) is 5.82 Å². The Kier molecular flexibility index (Phi) is 2.59. The molecule has 0 radical (unpaired) electrons. The lowest BCUT2D eigenvalue weighted by Crippen LogP contribution is -2.20. The van der Waals surface area contributed by atoms with Gasteiger partial charge in [-0.25, -0.2) is 0 Å². The Hall–Kier alpha value is -0.490. The van der Waals surface area contributed by atoms with E-state index in [2.05, 4.69) is 36.2 Å². The Morgan fingerprint density at radius 3 is 3.00 bits per heavy atom. The highest BCUT2D eigenvalue weighted by Crippen LogP contribution is 2.17. The number of hydrogen-bond acceptors (Lipinski definition) is 4. The number of hydrogen-bond donors (Lipinski definition) is 0. The van der Waals surface area contributed by atoms with E-state index in [4.69, 9.17) is 0 Å². The molecule has 1 aliphatic heterocycles. The van der Waals surface area contributed by atoms with Crippen molar-refractivity contribution >= 4 is 15.9 Å². The number of aromatic nitrogens is 4. The maximum Gasteiger partial charge on any atom is 0.188 e. The van der Waals surface area contributed by atoms with Crippen molar-refractivity contribution in [3.05, 3.63) is 5.82 Å². The van der Waals surface area contributed by atoms with Crippen molar-refractivity contribution in [2.24, 2.45) is 7.05 Å². The molecule has 6 heteroatoms. The summed E-state index contributed by atoms with van der Waals surface area (Å²) >= 11 is 3.59. The standard InChI is InChI=1S/C7H12BrN5/c1-12-10-7(9-11-12)5-13-3-2-6(8)4-13/h6H,2-5H2,1H3. The third-order valence-corrected chi connectivity index (χ3v) is 2.88. The van der Waals surface area contributed by atoms with Crippen LogP contribution in [0.2, 0.25) is 0 Å². The predicted molar refractivity (Wildman–Crippen MR) is 51.4 cm³/mol. The second-order valence-corrected chi connectivity index (χ2v) is 4.61. The number of tetrazole rings is 1. The lowest BCUT2D eigenvalue weighted by molar-refractivity contribution is 0.323. The van der Waals surface area contributed by atoms with Crippen LogP contribution in [-0.4, -0.2) is 43.0 Å². The van der Waals surface area contributed by atoms with Gasteiger partial charge in [-0.3, -0.25) is 4.90 Å². The van der Waals surface area contributed by atoms with Gasteiger partial charge in [0.2, 0.25) is 0 Å². The van der Waals surface area contributed by atoms with E-state index in [0.29, 0.717) is 4.83 Å². The summed E-state index contributed by atoms with van der Waals surface area (Å²) in [4.78, 5) is 4.46. The van der Waals surface area contributed by atoms with Gasteiger partial charge in [-0.15, -0.1) is 10.2 Å². The maximum atomic E-state index is 4.14. The monoisotopic (exact) mass is 245 g/mol. The van der Waals surface area contributed by atoms with E-state index < -0.39 is 0 Å². The topological polar surface area (TPSA) is 46.8 Å². The number of halogens is 1. The molecule has 2 heterocycles. The number of nitrogens with zero attached hydrogens (tertiary/aromatic N) is 5. The first-order chi connectivity index (χ1) is 6.24. The average molecular weight is 246 g/mol. The number of aryl methyl sites for hydroxylation is 1. The van der Waals surface area contributed by atoms with Crippen molar-refractivity contribution < 1.29 is 0 Å². The molecule has 5 nitrogen and oxygen atoms in total. The highest BCUT2D eigenvalue weighted by Gasteiger charge is 2.20. The third kappa shape index (κ3) is 2.25. The Morgan fingerprint density at radius 1 is 1.62 bits per heavy atom. The molecule has 0 aliphatic carbocycles. The first-order valence-corrected chi connectivity index (χ1v) is 5.25. The fraction of sp³-hybridized carbons (Fsp3) is 0.857. The summed E-state index contributed by atoms with van der Waals surface area (Å²) in [6, 6.07) is 0. The van der Waals surface area contributed by atoms with Gasteiger partial charge in [0.05, 0.1) is 13.6 Å². The van der Waals surface area contributed by atoms with Crippen LogP contribution >= 0.6 is 15.9 Å². The van der Waals surface area contributed by atoms with Gasteiger partial charge >= 0.3 is 0 Å². The first-order valence-electron chi connectivity index (χ1n) is 4.33. The quantitative estimate of drug-likeness (QED) is 0.698. The zero-order valence-corrected chi connectivity index (χ0v) is 9.11. The van der Waals surface area contributed by atoms with Crippen LogP contribution in [0.5, 0.6) is 0 Å². The zero-order chi connectivity index (χ0) is 9.26. The summed E-state index contributed by atoms with van der Waals surface area (Å²) in [6.45, 7) is 3.02. The molecule has 72 valence electrons. The maximum absolute atomic E-state index is 4.14. The molecular formula is C7H12BrN5. The Bertz CT molecular complexity index is 286. The van der Waals surface area contributed by atoms with Crippen molar-refractivity contribution in [1.29, 1.82) is 0 Å². The van der Waals surface area contributed by atoms with E-state index in [1.165, 1.54) is 11.2 Å². The van der Waals surface area contributed by atoms with Crippen LogP contribution in [-0.2, 0) is 13.6 Å². The number of alkyl halides is 1. The summed E-state index contributed by atoms with van der Waals surface area (Å²) in [5, 5.41) is 11.9. The van der Waals surface area contributed by atoms with E-state index in [1.54, 1.807) is 7.05 Å². The van der Waals surface area contributed by atoms with Crippen LogP contribution in [0.15, 0.2) is 0 Å². The first kappa shape index (κ1) is 9.08. The average Bonchev–Trinajstić information content (AvgIpc) is 2.62. The Morgan fingerprint density at radius 2 is 2.46 bits per heavy atom. The smallest absolute Gasteiger partial charge is 0.188 e. The molecule has 1 aromatic rings.